The van der Waals surface area contributed by atoms with Gasteiger partial charge in [0, 0.05) is 17.5 Å². The highest BCUT2D eigenvalue weighted by atomic mass is 79.9. The summed E-state index contributed by atoms with van der Waals surface area (Å²) in [5, 5.41) is 2.58. The SMILES string of the molecule is BC1(Br)C=Cc2c(c3c(c4ccccc24)-c2ccccc2C3)O1. The Morgan fingerprint density at radius 1 is 1.00 bits per heavy atom. The van der Waals surface area contributed by atoms with Gasteiger partial charge in [-0.3, -0.25) is 0 Å². The van der Waals surface area contributed by atoms with E-state index in [1.54, 1.807) is 0 Å². The van der Waals surface area contributed by atoms with Crippen LogP contribution in [-0.4, -0.2) is 12.3 Å². The molecule has 0 bridgehead atoms. The van der Waals surface area contributed by atoms with E-state index in [2.05, 4.69) is 76.6 Å². The molecule has 0 fully saturated rings. The summed E-state index contributed by atoms with van der Waals surface area (Å²) in [7, 11) is 2.04. The van der Waals surface area contributed by atoms with Crippen molar-refractivity contribution in [2.24, 2.45) is 0 Å². The first-order chi connectivity index (χ1) is 11.1. The summed E-state index contributed by atoms with van der Waals surface area (Å²) in [6.07, 6.45) is 5.21. The fourth-order valence-electron chi connectivity index (χ4n) is 3.83. The summed E-state index contributed by atoms with van der Waals surface area (Å²) in [6, 6.07) is 17.3. The largest absolute Gasteiger partial charge is 0.481 e. The Bertz CT molecular complexity index is 1000. The number of halogens is 1. The second kappa shape index (κ2) is 4.51. The van der Waals surface area contributed by atoms with Crippen LogP contribution in [0.25, 0.3) is 28.0 Å². The maximum atomic E-state index is 6.33. The quantitative estimate of drug-likeness (QED) is 0.331. The van der Waals surface area contributed by atoms with E-state index in [4.69, 9.17) is 4.74 Å². The molecule has 1 aliphatic carbocycles. The average molecular weight is 361 g/mol. The van der Waals surface area contributed by atoms with Crippen LogP contribution in [0.5, 0.6) is 5.75 Å². The van der Waals surface area contributed by atoms with Gasteiger partial charge in [-0.25, -0.2) is 0 Å². The van der Waals surface area contributed by atoms with Crippen LogP contribution in [0.2, 0.25) is 0 Å². The summed E-state index contributed by atoms with van der Waals surface area (Å²) < 4.78 is 5.89. The van der Waals surface area contributed by atoms with Gasteiger partial charge in [0.15, 0.2) is 7.85 Å². The van der Waals surface area contributed by atoms with Gasteiger partial charge in [-0.2, -0.15) is 0 Å². The lowest BCUT2D eigenvalue weighted by atomic mass is 9.89. The third-order valence-electron chi connectivity index (χ3n) is 4.81. The zero-order chi connectivity index (χ0) is 15.6. The fourth-order valence-corrected chi connectivity index (χ4v) is 4.12. The minimum atomic E-state index is -0.439. The van der Waals surface area contributed by atoms with E-state index in [9.17, 15) is 0 Å². The molecule has 110 valence electrons. The zero-order valence-electron chi connectivity index (χ0n) is 12.8. The van der Waals surface area contributed by atoms with Crippen molar-refractivity contribution in [3.63, 3.8) is 0 Å². The predicted molar refractivity (Wildman–Crippen MR) is 102 cm³/mol. The number of ether oxygens (including phenoxy) is 1. The molecular weight excluding hydrogens is 347 g/mol. The lowest BCUT2D eigenvalue weighted by Crippen LogP contribution is -2.29. The highest BCUT2D eigenvalue weighted by Crippen LogP contribution is 2.50. The fraction of sp³-hybridized carbons (Fsp3) is 0.100. The Balaban J connectivity index is 1.95. The molecule has 23 heavy (non-hydrogen) atoms. The van der Waals surface area contributed by atoms with Gasteiger partial charge in [0.2, 0.25) is 0 Å². The first kappa shape index (κ1) is 13.4. The number of hydrogen-bond donors (Lipinski definition) is 0. The van der Waals surface area contributed by atoms with E-state index in [0.717, 1.165) is 12.2 Å². The van der Waals surface area contributed by atoms with Crippen molar-refractivity contribution in [3.8, 4) is 16.9 Å². The lowest BCUT2D eigenvalue weighted by Gasteiger charge is -2.29. The van der Waals surface area contributed by atoms with Crippen LogP contribution in [0, 0.1) is 0 Å². The van der Waals surface area contributed by atoms with Crippen LogP contribution in [0.1, 0.15) is 16.7 Å². The smallest absolute Gasteiger partial charge is 0.178 e. The molecule has 1 heterocycles. The normalized spacial score (nSPS) is 20.7. The summed E-state index contributed by atoms with van der Waals surface area (Å²) in [6.45, 7) is 0. The molecule has 3 heteroatoms. The van der Waals surface area contributed by atoms with Gasteiger partial charge in [0.25, 0.3) is 0 Å². The van der Waals surface area contributed by atoms with Crippen LogP contribution in [0.3, 0.4) is 0 Å². The molecule has 1 aliphatic heterocycles. The Labute approximate surface area is 144 Å². The monoisotopic (exact) mass is 360 g/mol. The summed E-state index contributed by atoms with van der Waals surface area (Å²) in [5.74, 6) is 1.02. The summed E-state index contributed by atoms with van der Waals surface area (Å²) in [4.78, 5) is 0. The van der Waals surface area contributed by atoms with Crippen LogP contribution in [-0.2, 0) is 6.42 Å². The highest BCUT2D eigenvalue weighted by molar-refractivity contribution is 9.10. The van der Waals surface area contributed by atoms with Crippen LogP contribution < -0.4 is 4.74 Å². The Morgan fingerprint density at radius 3 is 2.61 bits per heavy atom. The van der Waals surface area contributed by atoms with Crippen LogP contribution in [0.4, 0.5) is 0 Å². The Kier molecular flexibility index (Phi) is 2.64. The molecule has 1 nitrogen and oxygen atoms in total. The number of rotatable bonds is 0. The average Bonchev–Trinajstić information content (AvgIpc) is 2.94. The first-order valence-corrected chi connectivity index (χ1v) is 8.66. The minimum Gasteiger partial charge on any atom is -0.481 e. The van der Waals surface area contributed by atoms with Crippen molar-refractivity contribution >= 4 is 40.6 Å². The molecule has 0 spiro atoms. The second-order valence-electron chi connectivity index (χ2n) is 6.40. The number of benzene rings is 3. The van der Waals surface area contributed by atoms with E-state index in [0.29, 0.717) is 0 Å². The van der Waals surface area contributed by atoms with Gasteiger partial charge in [-0.1, -0.05) is 54.6 Å². The topological polar surface area (TPSA) is 9.23 Å². The molecule has 1 unspecified atom stereocenters. The molecule has 0 saturated heterocycles. The Morgan fingerprint density at radius 2 is 1.74 bits per heavy atom. The predicted octanol–water partition coefficient (Wildman–Crippen LogP) is 4.50. The van der Waals surface area contributed by atoms with Crippen molar-refractivity contribution in [1.82, 2.24) is 0 Å². The van der Waals surface area contributed by atoms with E-state index in [-0.39, 0.29) is 0 Å². The van der Waals surface area contributed by atoms with Crippen LogP contribution in [0.15, 0.2) is 54.6 Å². The van der Waals surface area contributed by atoms with E-state index in [1.807, 2.05) is 7.85 Å². The molecule has 3 aromatic rings. The summed E-state index contributed by atoms with van der Waals surface area (Å²) >= 11 is 3.66. The molecule has 0 amide bonds. The van der Waals surface area contributed by atoms with Crippen molar-refractivity contribution in [1.29, 1.82) is 0 Å². The van der Waals surface area contributed by atoms with Crippen molar-refractivity contribution in [3.05, 3.63) is 71.3 Å². The maximum absolute atomic E-state index is 6.33. The standard InChI is InChI=1S/C20H14BBrO/c21-20(22)10-9-16-14-7-3-4-8-15(14)18-13-6-2-1-5-12(13)11-17(18)19(16)23-20/h1-10H,11,21H2. The zero-order valence-corrected chi connectivity index (χ0v) is 14.4. The highest BCUT2D eigenvalue weighted by Gasteiger charge is 2.32. The summed E-state index contributed by atoms with van der Waals surface area (Å²) in [5.41, 5.74) is 6.58. The number of fused-ring (bicyclic) bond motifs is 8. The van der Waals surface area contributed by atoms with Gasteiger partial charge < -0.3 is 4.74 Å². The molecule has 1 atom stereocenters. The van der Waals surface area contributed by atoms with Crippen LogP contribution >= 0.6 is 15.9 Å². The van der Waals surface area contributed by atoms with Gasteiger partial charge in [-0.05, 0) is 49.5 Å². The number of alkyl halides is 1. The first-order valence-electron chi connectivity index (χ1n) is 7.87. The molecule has 5 rings (SSSR count). The van der Waals surface area contributed by atoms with Crippen molar-refractivity contribution in [2.75, 3.05) is 0 Å². The maximum Gasteiger partial charge on any atom is 0.178 e. The lowest BCUT2D eigenvalue weighted by molar-refractivity contribution is 0.296. The van der Waals surface area contributed by atoms with E-state index >= 15 is 0 Å². The molecular formula is C20H14BBrO. The molecule has 0 radical (unpaired) electrons. The molecule has 2 aliphatic rings. The van der Waals surface area contributed by atoms with Gasteiger partial charge >= 0.3 is 0 Å². The van der Waals surface area contributed by atoms with Gasteiger partial charge in [0.1, 0.15) is 10.2 Å². The second-order valence-corrected chi connectivity index (χ2v) is 7.97. The minimum absolute atomic E-state index is 0.439. The molecule has 0 N–H and O–H groups in total. The Hall–Kier alpha value is -2.00. The molecule has 3 aromatic carbocycles. The van der Waals surface area contributed by atoms with Gasteiger partial charge in [-0.15, -0.1) is 0 Å². The van der Waals surface area contributed by atoms with Crippen molar-refractivity contribution in [2.45, 2.75) is 10.8 Å². The van der Waals surface area contributed by atoms with E-state index < -0.39 is 4.41 Å². The van der Waals surface area contributed by atoms with Crippen molar-refractivity contribution < 1.29 is 4.74 Å². The third kappa shape index (κ3) is 1.86. The van der Waals surface area contributed by atoms with Gasteiger partial charge in [0.05, 0.1) is 0 Å². The molecule has 0 aromatic heterocycles. The molecule has 0 saturated carbocycles. The van der Waals surface area contributed by atoms with E-state index in [1.165, 1.54) is 38.6 Å². The number of hydrogen-bond acceptors (Lipinski definition) is 1. The third-order valence-corrected chi connectivity index (χ3v) is 5.24.